The minimum Gasteiger partial charge on any atom is -0.453 e. The Balaban J connectivity index is 3.17. The summed E-state index contributed by atoms with van der Waals surface area (Å²) in [6.07, 6.45) is -0.192. The maximum absolute atomic E-state index is 11.4. The van der Waals surface area contributed by atoms with Crippen LogP contribution in [0.3, 0.4) is 0 Å². The highest BCUT2D eigenvalue weighted by atomic mass is 32.2. The van der Waals surface area contributed by atoms with Gasteiger partial charge in [0.2, 0.25) is 0 Å². The smallest absolute Gasteiger partial charge is 0.399 e. The van der Waals surface area contributed by atoms with Crippen LogP contribution in [0, 0.1) is 0 Å². The fraction of sp³-hybridized carbons (Fsp3) is 0.857. The van der Waals surface area contributed by atoms with E-state index in [2.05, 4.69) is 9.13 Å². The molecule has 5 nitrogen and oxygen atoms in total. The predicted molar refractivity (Wildman–Crippen MR) is 48.0 cm³/mol. The maximum atomic E-state index is 11.4. The summed E-state index contributed by atoms with van der Waals surface area (Å²) in [5, 5.41) is -0.668. The SMILES string of the molecule is COC1=NS(=O)(=O)[C@H](C)C(C)(C)O1. The van der Waals surface area contributed by atoms with Crippen molar-refractivity contribution < 1.29 is 17.9 Å². The molecule has 1 aliphatic rings. The Bertz CT molecular complexity index is 330. The molecule has 1 aliphatic heterocycles. The van der Waals surface area contributed by atoms with Crippen molar-refractivity contribution in [1.82, 2.24) is 0 Å². The molecule has 0 saturated heterocycles. The van der Waals surface area contributed by atoms with Crippen molar-refractivity contribution in [2.24, 2.45) is 4.40 Å². The van der Waals surface area contributed by atoms with Crippen molar-refractivity contribution in [1.29, 1.82) is 0 Å². The number of hydrogen-bond acceptors (Lipinski definition) is 4. The molecule has 0 N–H and O–H groups in total. The number of hydrogen-bond donors (Lipinski definition) is 0. The zero-order chi connectivity index (χ0) is 10.3. The summed E-state index contributed by atoms with van der Waals surface area (Å²) in [7, 11) is -2.17. The molecule has 1 rings (SSSR count). The van der Waals surface area contributed by atoms with E-state index in [1.54, 1.807) is 20.8 Å². The van der Waals surface area contributed by atoms with Crippen LogP contribution in [0.1, 0.15) is 20.8 Å². The normalized spacial score (nSPS) is 30.2. The first-order valence-electron chi connectivity index (χ1n) is 3.86. The van der Waals surface area contributed by atoms with Gasteiger partial charge in [-0.3, -0.25) is 0 Å². The summed E-state index contributed by atoms with van der Waals surface area (Å²) >= 11 is 0. The first-order valence-corrected chi connectivity index (χ1v) is 5.37. The van der Waals surface area contributed by atoms with E-state index in [-0.39, 0.29) is 6.08 Å². The van der Waals surface area contributed by atoms with Gasteiger partial charge >= 0.3 is 6.08 Å². The molecule has 13 heavy (non-hydrogen) atoms. The Morgan fingerprint density at radius 1 is 1.54 bits per heavy atom. The summed E-state index contributed by atoms with van der Waals surface area (Å²) in [6.45, 7) is 4.93. The van der Waals surface area contributed by atoms with Gasteiger partial charge in [0.25, 0.3) is 10.0 Å². The van der Waals surface area contributed by atoms with Gasteiger partial charge in [0.1, 0.15) is 10.9 Å². The zero-order valence-corrected chi connectivity index (χ0v) is 8.88. The molecule has 0 unspecified atom stereocenters. The van der Waals surface area contributed by atoms with Gasteiger partial charge in [-0.1, -0.05) is 4.40 Å². The quantitative estimate of drug-likeness (QED) is 0.580. The van der Waals surface area contributed by atoms with Gasteiger partial charge in [-0.05, 0) is 20.8 Å². The Morgan fingerprint density at radius 3 is 2.46 bits per heavy atom. The van der Waals surface area contributed by atoms with E-state index < -0.39 is 20.9 Å². The van der Waals surface area contributed by atoms with Gasteiger partial charge in [-0.15, -0.1) is 0 Å². The average molecular weight is 207 g/mol. The Kier molecular flexibility index (Phi) is 2.27. The van der Waals surface area contributed by atoms with Crippen LogP contribution < -0.4 is 0 Å². The topological polar surface area (TPSA) is 65.0 Å². The minimum atomic E-state index is -3.49. The number of sulfonamides is 1. The molecule has 0 radical (unpaired) electrons. The van der Waals surface area contributed by atoms with Crippen LogP contribution >= 0.6 is 0 Å². The van der Waals surface area contributed by atoms with Crippen LogP contribution in [0.25, 0.3) is 0 Å². The van der Waals surface area contributed by atoms with E-state index in [1.807, 2.05) is 0 Å². The van der Waals surface area contributed by atoms with Gasteiger partial charge < -0.3 is 9.47 Å². The van der Waals surface area contributed by atoms with Gasteiger partial charge in [-0.25, -0.2) is 8.42 Å². The fourth-order valence-electron chi connectivity index (χ4n) is 0.947. The first kappa shape index (κ1) is 10.3. The molecule has 0 amide bonds. The molecule has 0 aromatic carbocycles. The largest absolute Gasteiger partial charge is 0.453 e. The Labute approximate surface area is 77.8 Å². The molecule has 0 fully saturated rings. The molecule has 0 spiro atoms. The molecule has 0 aromatic heterocycles. The van der Waals surface area contributed by atoms with Crippen LogP contribution in [-0.2, 0) is 19.5 Å². The van der Waals surface area contributed by atoms with E-state index >= 15 is 0 Å². The van der Waals surface area contributed by atoms with Gasteiger partial charge in [0.05, 0.1) is 7.11 Å². The molecule has 1 heterocycles. The van der Waals surface area contributed by atoms with E-state index in [9.17, 15) is 8.42 Å². The van der Waals surface area contributed by atoms with Gasteiger partial charge in [0, 0.05) is 0 Å². The summed E-state index contributed by atoms with van der Waals surface area (Å²) in [4.78, 5) is 0. The standard InChI is InChI=1S/C7H13NO4S/c1-5-7(2,3)12-6(11-4)8-13(5,9)10/h5H,1-4H3/t5-/m1/s1. The fourth-order valence-corrected chi connectivity index (χ4v) is 2.19. The number of nitrogens with zero attached hydrogens (tertiary/aromatic N) is 1. The van der Waals surface area contributed by atoms with Crippen LogP contribution in [0.4, 0.5) is 0 Å². The third-order valence-electron chi connectivity index (χ3n) is 2.15. The lowest BCUT2D eigenvalue weighted by Crippen LogP contribution is -2.47. The summed E-state index contributed by atoms with van der Waals surface area (Å²) < 4.78 is 36.1. The second-order valence-corrected chi connectivity index (χ2v) is 5.34. The van der Waals surface area contributed by atoms with Crippen LogP contribution in [-0.4, -0.2) is 32.5 Å². The average Bonchev–Trinajstić information content (AvgIpc) is 1.99. The summed E-state index contributed by atoms with van der Waals surface area (Å²) in [6, 6.07) is 0. The second kappa shape index (κ2) is 2.87. The zero-order valence-electron chi connectivity index (χ0n) is 8.07. The Hall–Kier alpha value is -0.780. The lowest BCUT2D eigenvalue weighted by Gasteiger charge is -2.33. The number of ether oxygens (including phenoxy) is 2. The molecule has 6 heteroatoms. The minimum absolute atomic E-state index is 0.192. The second-order valence-electron chi connectivity index (χ2n) is 3.42. The van der Waals surface area contributed by atoms with Crippen molar-refractivity contribution in [3.05, 3.63) is 0 Å². The highest BCUT2D eigenvalue weighted by Crippen LogP contribution is 2.27. The molecule has 0 aromatic rings. The Morgan fingerprint density at radius 2 is 2.08 bits per heavy atom. The van der Waals surface area contributed by atoms with Crippen molar-refractivity contribution in [2.45, 2.75) is 31.6 Å². The van der Waals surface area contributed by atoms with Crippen molar-refractivity contribution in [2.75, 3.05) is 7.11 Å². The van der Waals surface area contributed by atoms with E-state index in [1.165, 1.54) is 7.11 Å². The van der Waals surface area contributed by atoms with Crippen LogP contribution in [0.2, 0.25) is 0 Å². The van der Waals surface area contributed by atoms with E-state index in [4.69, 9.17) is 4.74 Å². The van der Waals surface area contributed by atoms with E-state index in [0.717, 1.165) is 0 Å². The van der Waals surface area contributed by atoms with Crippen molar-refractivity contribution >= 4 is 16.1 Å². The molecular formula is C7H13NO4S. The highest BCUT2D eigenvalue weighted by molar-refractivity contribution is 7.91. The van der Waals surface area contributed by atoms with Gasteiger partial charge in [0.15, 0.2) is 0 Å². The molecule has 1 atom stereocenters. The number of methoxy groups -OCH3 is 1. The van der Waals surface area contributed by atoms with Crippen molar-refractivity contribution in [3.8, 4) is 0 Å². The molecule has 0 bridgehead atoms. The van der Waals surface area contributed by atoms with E-state index in [0.29, 0.717) is 0 Å². The molecule has 0 aliphatic carbocycles. The molecular weight excluding hydrogens is 194 g/mol. The summed E-state index contributed by atoms with van der Waals surface area (Å²) in [5.74, 6) is 0. The first-order chi connectivity index (χ1) is 5.79. The third kappa shape index (κ3) is 1.77. The molecule has 0 saturated carbocycles. The van der Waals surface area contributed by atoms with Crippen molar-refractivity contribution in [3.63, 3.8) is 0 Å². The van der Waals surface area contributed by atoms with Gasteiger partial charge in [-0.2, -0.15) is 0 Å². The monoisotopic (exact) mass is 207 g/mol. The van der Waals surface area contributed by atoms with Crippen LogP contribution in [0.15, 0.2) is 4.40 Å². The number of rotatable bonds is 0. The summed E-state index contributed by atoms with van der Waals surface area (Å²) in [5.41, 5.74) is -0.800. The third-order valence-corrected chi connectivity index (χ3v) is 4.02. The maximum Gasteiger partial charge on any atom is 0.399 e. The lowest BCUT2D eigenvalue weighted by molar-refractivity contribution is 0.0483. The highest BCUT2D eigenvalue weighted by Gasteiger charge is 2.43. The molecule has 76 valence electrons. The lowest BCUT2D eigenvalue weighted by atomic mass is 10.1. The predicted octanol–water partition coefficient (Wildman–Crippen LogP) is 0.516. The van der Waals surface area contributed by atoms with Crippen LogP contribution in [0.5, 0.6) is 0 Å².